The van der Waals surface area contributed by atoms with E-state index in [1.54, 1.807) is 13.1 Å². The number of rotatable bonds is 5. The second-order valence-electron chi connectivity index (χ2n) is 7.96. The fourth-order valence-corrected chi connectivity index (χ4v) is 5.69. The summed E-state index contributed by atoms with van der Waals surface area (Å²) in [5.41, 5.74) is -1.09. The molecule has 1 saturated heterocycles. The number of nitrogens with zero attached hydrogens (tertiary/aromatic N) is 3. The normalized spacial score (nSPS) is 20.3. The summed E-state index contributed by atoms with van der Waals surface area (Å²) in [5, 5.41) is 0. The van der Waals surface area contributed by atoms with E-state index < -0.39 is 27.9 Å². The summed E-state index contributed by atoms with van der Waals surface area (Å²) in [6, 6.07) is 7.14. The molecule has 1 aliphatic heterocycles. The van der Waals surface area contributed by atoms with Gasteiger partial charge in [-0.05, 0) is 18.4 Å². The Labute approximate surface area is 181 Å². The maximum Gasteiger partial charge on any atom is 0.417 e. The SMILES string of the molecule is CN(C1CCCCC1)S(=O)(=O)N1CCN(C(=O)/C=C(/c2ccccc2)C(F)(F)F)CC1. The zero-order valence-corrected chi connectivity index (χ0v) is 18.3. The Morgan fingerprint density at radius 1 is 1.03 bits per heavy atom. The lowest BCUT2D eigenvalue weighted by Gasteiger charge is -2.38. The van der Waals surface area contributed by atoms with Gasteiger partial charge in [-0.2, -0.15) is 30.2 Å². The van der Waals surface area contributed by atoms with E-state index in [1.807, 2.05) is 0 Å². The number of piperazine rings is 1. The van der Waals surface area contributed by atoms with E-state index in [-0.39, 0.29) is 37.8 Å². The van der Waals surface area contributed by atoms with Crippen molar-refractivity contribution in [1.29, 1.82) is 0 Å². The number of allylic oxidation sites excluding steroid dienone is 1. The number of benzene rings is 1. The molecule has 2 fully saturated rings. The van der Waals surface area contributed by atoms with Crippen LogP contribution >= 0.6 is 0 Å². The zero-order chi connectivity index (χ0) is 22.6. The monoisotopic (exact) mass is 459 g/mol. The number of hydrogen-bond acceptors (Lipinski definition) is 3. The lowest BCUT2D eigenvalue weighted by Crippen LogP contribution is -2.55. The van der Waals surface area contributed by atoms with Crippen LogP contribution in [0.25, 0.3) is 5.57 Å². The van der Waals surface area contributed by atoms with Crippen LogP contribution < -0.4 is 0 Å². The van der Waals surface area contributed by atoms with Gasteiger partial charge in [0.05, 0.1) is 5.57 Å². The molecule has 1 saturated carbocycles. The summed E-state index contributed by atoms with van der Waals surface area (Å²) in [4.78, 5) is 13.8. The van der Waals surface area contributed by atoms with Gasteiger partial charge in [0, 0.05) is 45.3 Å². The van der Waals surface area contributed by atoms with Crippen molar-refractivity contribution in [3.63, 3.8) is 0 Å². The minimum absolute atomic E-state index is 0.0263. The van der Waals surface area contributed by atoms with Crippen LogP contribution in [-0.4, -0.2) is 73.3 Å². The predicted octanol–water partition coefficient (Wildman–Crippen LogP) is 3.29. The van der Waals surface area contributed by atoms with Crippen LogP contribution in [0.1, 0.15) is 37.7 Å². The van der Waals surface area contributed by atoms with Crippen molar-refractivity contribution < 1.29 is 26.4 Å². The third-order valence-corrected chi connectivity index (χ3v) is 8.03. The molecule has 0 atom stereocenters. The number of hydrogen-bond donors (Lipinski definition) is 0. The topological polar surface area (TPSA) is 60.9 Å². The van der Waals surface area contributed by atoms with Gasteiger partial charge in [0.25, 0.3) is 10.2 Å². The smallest absolute Gasteiger partial charge is 0.336 e. The van der Waals surface area contributed by atoms with E-state index >= 15 is 0 Å². The van der Waals surface area contributed by atoms with Crippen LogP contribution in [0.3, 0.4) is 0 Å². The van der Waals surface area contributed by atoms with Crippen LogP contribution in [-0.2, 0) is 15.0 Å². The molecular weight excluding hydrogens is 431 g/mol. The van der Waals surface area contributed by atoms with E-state index in [4.69, 9.17) is 0 Å². The first-order chi connectivity index (χ1) is 14.6. The Morgan fingerprint density at radius 2 is 1.61 bits per heavy atom. The summed E-state index contributed by atoms with van der Waals surface area (Å²) in [5.74, 6) is -0.770. The molecule has 1 amide bonds. The van der Waals surface area contributed by atoms with Crippen molar-refractivity contribution in [3.8, 4) is 0 Å². The summed E-state index contributed by atoms with van der Waals surface area (Å²) < 4.78 is 69.1. The summed E-state index contributed by atoms with van der Waals surface area (Å²) in [6.07, 6.45) is 0.710. The minimum atomic E-state index is -4.68. The molecule has 0 unspecified atom stereocenters. The largest absolute Gasteiger partial charge is 0.417 e. The predicted molar refractivity (Wildman–Crippen MR) is 112 cm³/mol. The molecule has 0 N–H and O–H groups in total. The van der Waals surface area contributed by atoms with Crippen LogP contribution in [0.15, 0.2) is 36.4 Å². The van der Waals surface area contributed by atoms with Crippen molar-refractivity contribution in [2.75, 3.05) is 33.2 Å². The van der Waals surface area contributed by atoms with Gasteiger partial charge in [-0.15, -0.1) is 0 Å². The number of alkyl halides is 3. The van der Waals surface area contributed by atoms with E-state index in [2.05, 4.69) is 0 Å². The van der Waals surface area contributed by atoms with Gasteiger partial charge < -0.3 is 4.90 Å². The molecule has 1 aliphatic carbocycles. The van der Waals surface area contributed by atoms with Crippen molar-refractivity contribution >= 4 is 21.7 Å². The van der Waals surface area contributed by atoms with Crippen molar-refractivity contribution in [1.82, 2.24) is 13.5 Å². The van der Waals surface area contributed by atoms with Gasteiger partial charge in [-0.3, -0.25) is 4.79 Å². The molecule has 10 heteroatoms. The Hall–Kier alpha value is -1.91. The van der Waals surface area contributed by atoms with Gasteiger partial charge in [0.1, 0.15) is 0 Å². The van der Waals surface area contributed by atoms with Gasteiger partial charge in [-0.1, -0.05) is 49.6 Å². The molecule has 31 heavy (non-hydrogen) atoms. The standard InChI is InChI=1S/C21H28F3N3O3S/c1-25(18-10-6-3-7-11-18)31(29,30)27-14-12-26(13-15-27)20(28)16-19(21(22,23)24)17-8-4-2-5-9-17/h2,4-5,8-9,16,18H,3,6-7,10-15H2,1H3/b19-16-. The van der Waals surface area contributed by atoms with Gasteiger partial charge in [-0.25, -0.2) is 0 Å². The van der Waals surface area contributed by atoms with Crippen LogP contribution in [0.2, 0.25) is 0 Å². The first-order valence-corrected chi connectivity index (χ1v) is 11.9. The Balaban J connectivity index is 1.67. The first-order valence-electron chi connectivity index (χ1n) is 10.5. The number of halogens is 3. The van der Waals surface area contributed by atoms with Gasteiger partial charge in [0.15, 0.2) is 0 Å². The third kappa shape index (κ3) is 5.67. The molecule has 6 nitrogen and oxygen atoms in total. The Morgan fingerprint density at radius 3 is 2.16 bits per heavy atom. The second-order valence-corrected chi connectivity index (χ2v) is 9.95. The molecule has 0 spiro atoms. The maximum atomic E-state index is 13.5. The maximum absolute atomic E-state index is 13.5. The number of carbonyl (C=O) groups excluding carboxylic acids is 1. The van der Waals surface area contributed by atoms with E-state index in [0.717, 1.165) is 32.1 Å². The Bertz CT molecular complexity index is 889. The molecule has 0 bridgehead atoms. The quantitative estimate of drug-likeness (QED) is 0.635. The van der Waals surface area contributed by atoms with Gasteiger partial charge >= 0.3 is 6.18 Å². The van der Waals surface area contributed by atoms with Crippen molar-refractivity contribution in [2.24, 2.45) is 0 Å². The molecule has 1 aromatic carbocycles. The number of amides is 1. The third-order valence-electron chi connectivity index (χ3n) is 5.99. The van der Waals surface area contributed by atoms with Crippen LogP contribution in [0.4, 0.5) is 13.2 Å². The van der Waals surface area contributed by atoms with Crippen molar-refractivity contribution in [3.05, 3.63) is 42.0 Å². The summed E-state index contributed by atoms with van der Waals surface area (Å²) >= 11 is 0. The fourth-order valence-electron chi connectivity index (χ4n) is 4.12. The molecule has 172 valence electrons. The highest BCUT2D eigenvalue weighted by molar-refractivity contribution is 7.86. The van der Waals surface area contributed by atoms with E-state index in [1.165, 1.54) is 37.8 Å². The lowest BCUT2D eigenvalue weighted by atomic mass is 9.96. The van der Waals surface area contributed by atoms with Gasteiger partial charge in [0.2, 0.25) is 5.91 Å². The molecule has 1 aromatic rings. The zero-order valence-electron chi connectivity index (χ0n) is 17.5. The average molecular weight is 460 g/mol. The lowest BCUT2D eigenvalue weighted by molar-refractivity contribution is -0.127. The molecule has 0 aromatic heterocycles. The second kappa shape index (κ2) is 9.70. The highest BCUT2D eigenvalue weighted by Gasteiger charge is 2.37. The molecular formula is C21H28F3N3O3S. The van der Waals surface area contributed by atoms with Crippen LogP contribution in [0, 0.1) is 0 Å². The van der Waals surface area contributed by atoms with Crippen molar-refractivity contribution in [2.45, 2.75) is 44.3 Å². The number of carbonyl (C=O) groups is 1. The minimum Gasteiger partial charge on any atom is -0.336 e. The average Bonchev–Trinajstić information content (AvgIpc) is 2.77. The Kier molecular flexibility index (Phi) is 7.43. The molecule has 0 radical (unpaired) electrons. The first kappa shape index (κ1) is 23.7. The summed E-state index contributed by atoms with van der Waals surface area (Å²) in [6.45, 7) is 0.220. The fraction of sp³-hybridized carbons (Fsp3) is 0.571. The molecule has 1 heterocycles. The van der Waals surface area contributed by atoms with E-state index in [9.17, 15) is 26.4 Å². The highest BCUT2D eigenvalue weighted by atomic mass is 32.2. The molecule has 2 aliphatic rings. The van der Waals surface area contributed by atoms with E-state index in [0.29, 0.717) is 6.08 Å². The van der Waals surface area contributed by atoms with Crippen LogP contribution in [0.5, 0.6) is 0 Å². The highest BCUT2D eigenvalue weighted by Crippen LogP contribution is 2.34. The summed E-state index contributed by atoms with van der Waals surface area (Å²) in [7, 11) is -2.08. The molecule has 3 rings (SSSR count).